The Balaban J connectivity index is 2.10. The molecular weight excluding hydrogens is 268 g/mol. The summed E-state index contributed by atoms with van der Waals surface area (Å²) in [5, 5.41) is 6.11. The van der Waals surface area contributed by atoms with Crippen LogP contribution in [0.4, 0.5) is 0 Å². The number of primary amides is 1. The minimum absolute atomic E-state index is 0.0377. The Morgan fingerprint density at radius 1 is 1.48 bits per heavy atom. The van der Waals surface area contributed by atoms with E-state index in [1.807, 2.05) is 19.1 Å². The maximum absolute atomic E-state index is 12.1. The summed E-state index contributed by atoms with van der Waals surface area (Å²) in [4.78, 5) is 25.5. The van der Waals surface area contributed by atoms with Crippen LogP contribution in [0.2, 0.25) is 0 Å². The molecule has 1 atom stereocenters. The fourth-order valence-corrected chi connectivity index (χ4v) is 2.54. The number of nitrogens with zero attached hydrogens (tertiary/aromatic N) is 1. The molecule has 1 heterocycles. The van der Waals surface area contributed by atoms with Gasteiger partial charge in [0.05, 0.1) is 0 Å². The number of benzene rings is 1. The molecule has 1 aliphatic heterocycles. The van der Waals surface area contributed by atoms with Gasteiger partial charge in [-0.15, -0.1) is 0 Å². The molecule has 6 nitrogen and oxygen atoms in total. The maximum Gasteiger partial charge on any atom is 0.248 e. The first kappa shape index (κ1) is 15.5. The van der Waals surface area contributed by atoms with Crippen LogP contribution in [0.5, 0.6) is 0 Å². The van der Waals surface area contributed by atoms with E-state index in [0.717, 1.165) is 18.7 Å². The normalized spacial score (nSPS) is 19.2. The number of hydrogen-bond acceptors (Lipinski definition) is 4. The standard InChI is InChI=1S/C15H22N4O2/c1-2-18-15(21)13-9-17-6-7-19(13)10-11-4-3-5-12(8-11)14(16)20/h3-5,8,13,17H,2,6-7,9-10H2,1H3,(H2,16,20)(H,18,21). The Labute approximate surface area is 124 Å². The topological polar surface area (TPSA) is 87.5 Å². The molecule has 0 saturated carbocycles. The smallest absolute Gasteiger partial charge is 0.248 e. The first-order valence-electron chi connectivity index (χ1n) is 7.23. The summed E-state index contributed by atoms with van der Waals surface area (Å²) in [6, 6.07) is 7.07. The monoisotopic (exact) mass is 290 g/mol. The summed E-state index contributed by atoms with van der Waals surface area (Å²) in [5.41, 5.74) is 6.79. The average Bonchev–Trinajstić information content (AvgIpc) is 2.48. The number of rotatable bonds is 5. The molecule has 0 aromatic heterocycles. The van der Waals surface area contributed by atoms with Gasteiger partial charge in [-0.3, -0.25) is 14.5 Å². The minimum Gasteiger partial charge on any atom is -0.366 e. The Morgan fingerprint density at radius 3 is 3.00 bits per heavy atom. The van der Waals surface area contributed by atoms with E-state index in [1.165, 1.54) is 0 Å². The minimum atomic E-state index is -0.433. The van der Waals surface area contributed by atoms with Crippen molar-refractivity contribution in [3.8, 4) is 0 Å². The summed E-state index contributed by atoms with van der Waals surface area (Å²) in [7, 11) is 0. The van der Waals surface area contributed by atoms with E-state index < -0.39 is 5.91 Å². The highest BCUT2D eigenvalue weighted by atomic mass is 16.2. The van der Waals surface area contributed by atoms with E-state index in [9.17, 15) is 9.59 Å². The number of carbonyl (C=O) groups excluding carboxylic acids is 2. The fraction of sp³-hybridized carbons (Fsp3) is 0.467. The lowest BCUT2D eigenvalue weighted by Crippen LogP contribution is -2.57. The van der Waals surface area contributed by atoms with Gasteiger partial charge in [0.1, 0.15) is 6.04 Å². The van der Waals surface area contributed by atoms with Crippen molar-refractivity contribution in [2.24, 2.45) is 5.73 Å². The molecule has 0 bridgehead atoms. The first-order chi connectivity index (χ1) is 10.1. The van der Waals surface area contributed by atoms with Gasteiger partial charge in [0.25, 0.3) is 0 Å². The van der Waals surface area contributed by atoms with Crippen molar-refractivity contribution >= 4 is 11.8 Å². The molecule has 1 fully saturated rings. The van der Waals surface area contributed by atoms with Gasteiger partial charge in [-0.05, 0) is 24.6 Å². The molecule has 2 amide bonds. The lowest BCUT2D eigenvalue weighted by Gasteiger charge is -2.35. The molecule has 2 rings (SSSR count). The highest BCUT2D eigenvalue weighted by Gasteiger charge is 2.28. The molecule has 1 unspecified atom stereocenters. The van der Waals surface area contributed by atoms with E-state index in [-0.39, 0.29) is 11.9 Å². The van der Waals surface area contributed by atoms with Crippen molar-refractivity contribution < 1.29 is 9.59 Å². The van der Waals surface area contributed by atoms with Crippen LogP contribution in [0.1, 0.15) is 22.8 Å². The van der Waals surface area contributed by atoms with Gasteiger partial charge in [-0.2, -0.15) is 0 Å². The van der Waals surface area contributed by atoms with Crippen LogP contribution in [0.15, 0.2) is 24.3 Å². The molecule has 1 aromatic rings. The Morgan fingerprint density at radius 2 is 2.29 bits per heavy atom. The molecule has 1 aliphatic rings. The van der Waals surface area contributed by atoms with Gasteiger partial charge in [0, 0.05) is 38.3 Å². The van der Waals surface area contributed by atoms with Crippen LogP contribution < -0.4 is 16.4 Å². The second kappa shape index (κ2) is 7.19. The second-order valence-corrected chi connectivity index (χ2v) is 5.15. The third kappa shape index (κ3) is 4.03. The zero-order valence-electron chi connectivity index (χ0n) is 12.3. The number of nitrogens with one attached hydrogen (secondary N) is 2. The molecule has 0 radical (unpaired) electrons. The van der Waals surface area contributed by atoms with E-state index in [2.05, 4.69) is 15.5 Å². The molecule has 1 aromatic carbocycles. The molecule has 0 spiro atoms. The first-order valence-corrected chi connectivity index (χ1v) is 7.23. The van der Waals surface area contributed by atoms with E-state index in [1.54, 1.807) is 12.1 Å². The third-order valence-corrected chi connectivity index (χ3v) is 3.61. The molecule has 4 N–H and O–H groups in total. The molecule has 6 heteroatoms. The van der Waals surface area contributed by atoms with Gasteiger partial charge in [0.15, 0.2) is 0 Å². The van der Waals surface area contributed by atoms with Crippen molar-refractivity contribution in [3.05, 3.63) is 35.4 Å². The Bertz CT molecular complexity index is 518. The quantitative estimate of drug-likeness (QED) is 0.694. The van der Waals surface area contributed by atoms with Crippen LogP contribution in [0.25, 0.3) is 0 Å². The third-order valence-electron chi connectivity index (χ3n) is 3.61. The number of nitrogens with two attached hydrogens (primary N) is 1. The summed E-state index contributed by atoms with van der Waals surface area (Å²) in [6.45, 7) is 5.45. The van der Waals surface area contributed by atoms with Gasteiger partial charge in [-0.25, -0.2) is 0 Å². The van der Waals surface area contributed by atoms with Gasteiger partial charge >= 0.3 is 0 Å². The molecule has 1 saturated heterocycles. The number of likely N-dealkylation sites (N-methyl/N-ethyl adjacent to an activating group) is 1. The highest BCUT2D eigenvalue weighted by molar-refractivity contribution is 5.92. The molecule has 0 aliphatic carbocycles. The lowest BCUT2D eigenvalue weighted by atomic mass is 10.1. The van der Waals surface area contributed by atoms with Crippen LogP contribution in [-0.2, 0) is 11.3 Å². The molecule has 21 heavy (non-hydrogen) atoms. The highest BCUT2D eigenvalue weighted by Crippen LogP contribution is 2.12. The van der Waals surface area contributed by atoms with Crippen LogP contribution >= 0.6 is 0 Å². The van der Waals surface area contributed by atoms with Crippen molar-refractivity contribution in [2.45, 2.75) is 19.5 Å². The van der Waals surface area contributed by atoms with E-state index in [0.29, 0.717) is 25.2 Å². The van der Waals surface area contributed by atoms with Crippen molar-refractivity contribution in [2.75, 3.05) is 26.2 Å². The number of piperazine rings is 1. The van der Waals surface area contributed by atoms with Crippen LogP contribution in [0.3, 0.4) is 0 Å². The zero-order valence-corrected chi connectivity index (χ0v) is 12.3. The van der Waals surface area contributed by atoms with Crippen molar-refractivity contribution in [3.63, 3.8) is 0 Å². The summed E-state index contributed by atoms with van der Waals surface area (Å²) >= 11 is 0. The van der Waals surface area contributed by atoms with E-state index in [4.69, 9.17) is 5.73 Å². The summed E-state index contributed by atoms with van der Waals surface area (Å²) < 4.78 is 0. The SMILES string of the molecule is CCNC(=O)C1CNCCN1Cc1cccc(C(N)=O)c1. The van der Waals surface area contributed by atoms with Crippen molar-refractivity contribution in [1.29, 1.82) is 0 Å². The number of carbonyl (C=O) groups is 2. The number of hydrogen-bond donors (Lipinski definition) is 3. The number of amides is 2. The lowest BCUT2D eigenvalue weighted by molar-refractivity contribution is -0.127. The van der Waals surface area contributed by atoms with Crippen LogP contribution in [0, 0.1) is 0 Å². The fourth-order valence-electron chi connectivity index (χ4n) is 2.54. The predicted octanol–water partition coefficient (Wildman–Crippen LogP) is -0.305. The summed E-state index contributed by atoms with van der Waals surface area (Å²) in [5.74, 6) is -0.395. The Kier molecular flexibility index (Phi) is 5.30. The van der Waals surface area contributed by atoms with Gasteiger partial charge in [-0.1, -0.05) is 12.1 Å². The van der Waals surface area contributed by atoms with Gasteiger partial charge < -0.3 is 16.4 Å². The van der Waals surface area contributed by atoms with Crippen LogP contribution in [-0.4, -0.2) is 48.9 Å². The zero-order chi connectivity index (χ0) is 15.2. The molecular formula is C15H22N4O2. The Hall–Kier alpha value is -1.92. The maximum atomic E-state index is 12.1. The van der Waals surface area contributed by atoms with Crippen molar-refractivity contribution in [1.82, 2.24) is 15.5 Å². The van der Waals surface area contributed by atoms with Gasteiger partial charge in [0.2, 0.25) is 11.8 Å². The summed E-state index contributed by atoms with van der Waals surface area (Å²) in [6.07, 6.45) is 0. The average molecular weight is 290 g/mol. The predicted molar refractivity (Wildman–Crippen MR) is 80.7 cm³/mol. The second-order valence-electron chi connectivity index (χ2n) is 5.15. The molecule has 114 valence electrons. The largest absolute Gasteiger partial charge is 0.366 e. The van der Waals surface area contributed by atoms with E-state index >= 15 is 0 Å².